The number of halogens is 2. The lowest BCUT2D eigenvalue weighted by molar-refractivity contribution is -0.135. The number of piperidine rings is 1. The highest BCUT2D eigenvalue weighted by atomic mass is 19.1. The molecule has 2 aliphatic heterocycles. The third-order valence-electron chi connectivity index (χ3n) is 5.45. The molecule has 2 atom stereocenters. The first kappa shape index (κ1) is 19.2. The second kappa shape index (κ2) is 8.44. The van der Waals surface area contributed by atoms with E-state index < -0.39 is 11.6 Å². The van der Waals surface area contributed by atoms with Crippen LogP contribution in [0.2, 0.25) is 0 Å². The van der Waals surface area contributed by atoms with Gasteiger partial charge in [-0.25, -0.2) is 8.78 Å². The summed E-state index contributed by atoms with van der Waals surface area (Å²) >= 11 is 0. The molecule has 3 rings (SSSR count). The summed E-state index contributed by atoms with van der Waals surface area (Å²) in [6, 6.07) is 3.75. The number of nitrogens with zero attached hydrogens (tertiary/aromatic N) is 3. The summed E-state index contributed by atoms with van der Waals surface area (Å²) in [6.07, 6.45) is 1.20. The number of hydrogen-bond donors (Lipinski definition) is 0. The van der Waals surface area contributed by atoms with Crippen LogP contribution in [0.25, 0.3) is 0 Å². The molecule has 2 unspecified atom stereocenters. The van der Waals surface area contributed by atoms with Crippen molar-refractivity contribution < 1.29 is 13.6 Å². The topological polar surface area (TPSA) is 26.8 Å². The van der Waals surface area contributed by atoms with Crippen molar-refractivity contribution in [3.05, 3.63) is 35.4 Å². The van der Waals surface area contributed by atoms with Gasteiger partial charge in [0.1, 0.15) is 11.6 Å². The molecule has 144 valence electrons. The van der Waals surface area contributed by atoms with Gasteiger partial charge in [0.15, 0.2) is 0 Å². The van der Waals surface area contributed by atoms with E-state index in [0.717, 1.165) is 45.3 Å². The first-order valence-electron chi connectivity index (χ1n) is 9.57. The van der Waals surface area contributed by atoms with Crippen molar-refractivity contribution in [3.8, 4) is 0 Å². The van der Waals surface area contributed by atoms with Crippen LogP contribution in [0.4, 0.5) is 8.78 Å². The zero-order chi connectivity index (χ0) is 18.7. The smallest absolute Gasteiger partial charge is 0.236 e. The van der Waals surface area contributed by atoms with Gasteiger partial charge in [-0.1, -0.05) is 19.9 Å². The molecule has 0 radical (unpaired) electrons. The second-order valence-electron chi connectivity index (χ2n) is 8.03. The van der Waals surface area contributed by atoms with Crippen LogP contribution in [0.1, 0.15) is 25.8 Å². The molecule has 2 saturated heterocycles. The lowest BCUT2D eigenvalue weighted by atomic mass is 9.92. The monoisotopic (exact) mass is 365 g/mol. The van der Waals surface area contributed by atoms with E-state index in [-0.39, 0.29) is 5.91 Å². The van der Waals surface area contributed by atoms with E-state index in [0.29, 0.717) is 30.5 Å². The summed E-state index contributed by atoms with van der Waals surface area (Å²) in [5.74, 6) is 0.337. The molecule has 0 aliphatic carbocycles. The number of benzene rings is 1. The average molecular weight is 365 g/mol. The molecule has 0 bridgehead atoms. The van der Waals surface area contributed by atoms with Crippen LogP contribution in [0.15, 0.2) is 18.2 Å². The highest BCUT2D eigenvalue weighted by Gasteiger charge is 2.27. The van der Waals surface area contributed by atoms with E-state index in [9.17, 15) is 13.6 Å². The Morgan fingerprint density at radius 1 is 1.04 bits per heavy atom. The number of carbonyl (C=O) groups is 1. The van der Waals surface area contributed by atoms with Gasteiger partial charge in [0.2, 0.25) is 5.91 Å². The van der Waals surface area contributed by atoms with E-state index in [1.807, 2.05) is 4.90 Å². The van der Waals surface area contributed by atoms with Gasteiger partial charge in [0.05, 0.1) is 6.54 Å². The summed E-state index contributed by atoms with van der Waals surface area (Å²) in [5, 5.41) is 0. The molecule has 2 fully saturated rings. The minimum absolute atomic E-state index is 0.224. The quantitative estimate of drug-likeness (QED) is 0.821. The van der Waals surface area contributed by atoms with Crippen LogP contribution in [0, 0.1) is 23.5 Å². The van der Waals surface area contributed by atoms with Gasteiger partial charge in [-0.3, -0.25) is 14.6 Å². The molecule has 0 aromatic heterocycles. The molecule has 6 heteroatoms. The minimum Gasteiger partial charge on any atom is -0.341 e. The highest BCUT2D eigenvalue weighted by molar-refractivity contribution is 5.78. The molecule has 26 heavy (non-hydrogen) atoms. The summed E-state index contributed by atoms with van der Waals surface area (Å²) in [4.78, 5) is 18.9. The van der Waals surface area contributed by atoms with Gasteiger partial charge in [-0.15, -0.1) is 0 Å². The fourth-order valence-corrected chi connectivity index (χ4v) is 4.15. The van der Waals surface area contributed by atoms with E-state index in [1.165, 1.54) is 18.6 Å². The van der Waals surface area contributed by atoms with Crippen LogP contribution in [-0.2, 0) is 11.3 Å². The maximum absolute atomic E-state index is 13.8. The predicted molar refractivity (Wildman–Crippen MR) is 97.6 cm³/mol. The lowest BCUT2D eigenvalue weighted by Gasteiger charge is -2.38. The van der Waals surface area contributed by atoms with Crippen LogP contribution in [-0.4, -0.2) is 66.4 Å². The Morgan fingerprint density at radius 2 is 1.65 bits per heavy atom. The predicted octanol–water partition coefficient (Wildman–Crippen LogP) is 2.59. The molecule has 1 aromatic carbocycles. The van der Waals surface area contributed by atoms with Gasteiger partial charge in [0.25, 0.3) is 0 Å². The van der Waals surface area contributed by atoms with Crippen molar-refractivity contribution in [2.75, 3.05) is 45.8 Å². The van der Waals surface area contributed by atoms with Crippen molar-refractivity contribution in [1.29, 1.82) is 0 Å². The third-order valence-corrected chi connectivity index (χ3v) is 5.45. The van der Waals surface area contributed by atoms with Gasteiger partial charge in [0, 0.05) is 57.4 Å². The van der Waals surface area contributed by atoms with Gasteiger partial charge in [-0.05, 0) is 24.3 Å². The summed E-state index contributed by atoms with van der Waals surface area (Å²) < 4.78 is 26.8. The SMILES string of the molecule is CC1CC(C)CN(C(=O)CN2CCN(Cc3ccc(F)cc3F)CC2)C1. The lowest BCUT2D eigenvalue weighted by Crippen LogP contribution is -2.51. The molecule has 2 heterocycles. The molecule has 0 spiro atoms. The Labute approximate surface area is 154 Å². The van der Waals surface area contributed by atoms with Crippen LogP contribution in [0.3, 0.4) is 0 Å². The summed E-state index contributed by atoms with van der Waals surface area (Å²) in [6.45, 7) is 10.3. The number of rotatable bonds is 4. The molecular formula is C20H29F2N3O. The van der Waals surface area contributed by atoms with Crippen molar-refractivity contribution >= 4 is 5.91 Å². The molecule has 1 aromatic rings. The number of likely N-dealkylation sites (tertiary alicyclic amines) is 1. The Morgan fingerprint density at radius 3 is 2.27 bits per heavy atom. The third kappa shape index (κ3) is 5.01. The Hall–Kier alpha value is -1.53. The number of piperazine rings is 1. The second-order valence-corrected chi connectivity index (χ2v) is 8.03. The molecular weight excluding hydrogens is 336 g/mol. The van der Waals surface area contributed by atoms with Crippen molar-refractivity contribution in [2.45, 2.75) is 26.8 Å². The van der Waals surface area contributed by atoms with E-state index in [1.54, 1.807) is 0 Å². The van der Waals surface area contributed by atoms with Crippen LogP contribution < -0.4 is 0 Å². The molecule has 0 saturated carbocycles. The maximum Gasteiger partial charge on any atom is 0.236 e. The zero-order valence-corrected chi connectivity index (χ0v) is 15.8. The zero-order valence-electron chi connectivity index (χ0n) is 15.8. The molecule has 0 N–H and O–H groups in total. The average Bonchev–Trinajstić information content (AvgIpc) is 2.58. The first-order valence-corrected chi connectivity index (χ1v) is 9.57. The molecule has 1 amide bonds. The minimum atomic E-state index is -0.545. The Balaban J connectivity index is 1.45. The summed E-state index contributed by atoms with van der Waals surface area (Å²) in [7, 11) is 0. The highest BCUT2D eigenvalue weighted by Crippen LogP contribution is 2.21. The van der Waals surface area contributed by atoms with E-state index in [4.69, 9.17) is 0 Å². The van der Waals surface area contributed by atoms with Crippen LogP contribution >= 0.6 is 0 Å². The van der Waals surface area contributed by atoms with E-state index >= 15 is 0 Å². The number of amides is 1. The fraction of sp³-hybridized carbons (Fsp3) is 0.650. The number of carbonyl (C=O) groups excluding carboxylic acids is 1. The van der Waals surface area contributed by atoms with Crippen molar-refractivity contribution in [1.82, 2.24) is 14.7 Å². The molecule has 2 aliphatic rings. The first-order chi connectivity index (χ1) is 12.4. The normalized spacial score (nSPS) is 25.5. The Bertz CT molecular complexity index is 621. The molecule has 4 nitrogen and oxygen atoms in total. The van der Waals surface area contributed by atoms with Crippen molar-refractivity contribution in [2.24, 2.45) is 11.8 Å². The van der Waals surface area contributed by atoms with Crippen LogP contribution in [0.5, 0.6) is 0 Å². The maximum atomic E-state index is 13.8. The van der Waals surface area contributed by atoms with Crippen molar-refractivity contribution in [3.63, 3.8) is 0 Å². The van der Waals surface area contributed by atoms with Gasteiger partial charge >= 0.3 is 0 Å². The van der Waals surface area contributed by atoms with E-state index in [2.05, 4.69) is 23.6 Å². The largest absolute Gasteiger partial charge is 0.341 e. The fourth-order valence-electron chi connectivity index (χ4n) is 4.15. The van der Waals surface area contributed by atoms with Gasteiger partial charge < -0.3 is 4.90 Å². The summed E-state index contributed by atoms with van der Waals surface area (Å²) in [5.41, 5.74) is 0.521. The number of hydrogen-bond acceptors (Lipinski definition) is 3. The Kier molecular flexibility index (Phi) is 6.24. The van der Waals surface area contributed by atoms with Gasteiger partial charge in [-0.2, -0.15) is 0 Å². The standard InChI is InChI=1S/C20H29F2N3O/c1-15-9-16(2)12-25(11-15)20(26)14-24-7-5-23(6-8-24)13-17-3-4-18(21)10-19(17)22/h3-4,10,15-16H,5-9,11-14H2,1-2H3.